The first kappa shape index (κ1) is 10.9. The van der Waals surface area contributed by atoms with Crippen molar-refractivity contribution in [3.05, 3.63) is 21.4 Å². The molecule has 0 atom stereocenters. The molecule has 0 aromatic carbocycles. The van der Waals surface area contributed by atoms with Crippen molar-refractivity contribution in [3.8, 4) is 0 Å². The molecule has 0 bridgehead atoms. The summed E-state index contributed by atoms with van der Waals surface area (Å²) in [6, 6.07) is 2.13. The number of rotatable bonds is 1. The van der Waals surface area contributed by atoms with Crippen LogP contribution in [0.15, 0.2) is 6.07 Å². The fourth-order valence-corrected chi connectivity index (χ4v) is 3.38. The molecule has 2 heteroatoms. The summed E-state index contributed by atoms with van der Waals surface area (Å²) in [5.74, 6) is 0.293. The van der Waals surface area contributed by atoms with Gasteiger partial charge in [-0.15, -0.1) is 11.3 Å². The van der Waals surface area contributed by atoms with Gasteiger partial charge in [-0.2, -0.15) is 0 Å². The Morgan fingerprint density at radius 3 is 2.53 bits per heavy atom. The summed E-state index contributed by atoms with van der Waals surface area (Å²) in [5, 5.41) is 0. The van der Waals surface area contributed by atoms with E-state index in [1.807, 2.05) is 20.8 Å². The Kier molecular flexibility index (Phi) is 2.72. The van der Waals surface area contributed by atoms with Gasteiger partial charge in [-0.05, 0) is 37.3 Å². The number of carbonyl (C=O) groups excluding carboxylic acids is 1. The van der Waals surface area contributed by atoms with Crippen molar-refractivity contribution < 1.29 is 4.79 Å². The Morgan fingerprint density at radius 2 is 1.93 bits per heavy atom. The topological polar surface area (TPSA) is 17.1 Å². The molecule has 0 saturated heterocycles. The molecule has 1 aromatic rings. The largest absolute Gasteiger partial charge is 0.293 e. The summed E-state index contributed by atoms with van der Waals surface area (Å²) in [4.78, 5) is 14.5. The van der Waals surface area contributed by atoms with E-state index in [2.05, 4.69) is 6.07 Å². The molecule has 0 aliphatic heterocycles. The van der Waals surface area contributed by atoms with Crippen molar-refractivity contribution in [2.45, 2.75) is 46.5 Å². The van der Waals surface area contributed by atoms with Gasteiger partial charge in [0.05, 0.1) is 4.88 Å². The zero-order valence-corrected chi connectivity index (χ0v) is 10.5. The molecule has 0 unspecified atom stereocenters. The molecular weight excluding hydrogens is 204 g/mol. The van der Waals surface area contributed by atoms with Crippen molar-refractivity contribution in [2.75, 3.05) is 0 Å². The van der Waals surface area contributed by atoms with Gasteiger partial charge in [-0.3, -0.25) is 4.79 Å². The number of aryl methyl sites for hydroxylation is 2. The van der Waals surface area contributed by atoms with Crippen LogP contribution in [0.2, 0.25) is 0 Å². The minimum atomic E-state index is -0.243. The molecule has 0 N–H and O–H groups in total. The predicted octanol–water partition coefficient (Wildman–Crippen LogP) is 3.86. The van der Waals surface area contributed by atoms with Gasteiger partial charge in [0.2, 0.25) is 0 Å². The van der Waals surface area contributed by atoms with Gasteiger partial charge in [-0.25, -0.2) is 0 Å². The van der Waals surface area contributed by atoms with Crippen molar-refractivity contribution in [3.63, 3.8) is 0 Å². The molecule has 0 radical (unpaired) electrons. The fraction of sp³-hybridized carbons (Fsp3) is 0.615. The highest BCUT2D eigenvalue weighted by molar-refractivity contribution is 7.14. The van der Waals surface area contributed by atoms with E-state index in [-0.39, 0.29) is 5.41 Å². The number of fused-ring (bicyclic) bond motifs is 1. The van der Waals surface area contributed by atoms with Gasteiger partial charge in [0.1, 0.15) is 0 Å². The molecule has 1 heterocycles. The van der Waals surface area contributed by atoms with Crippen LogP contribution in [0.5, 0.6) is 0 Å². The molecule has 1 aliphatic carbocycles. The van der Waals surface area contributed by atoms with Crippen LogP contribution in [-0.4, -0.2) is 5.78 Å². The van der Waals surface area contributed by atoms with E-state index < -0.39 is 0 Å². The third-order valence-corrected chi connectivity index (χ3v) is 4.14. The van der Waals surface area contributed by atoms with Crippen molar-refractivity contribution >= 4 is 17.1 Å². The molecule has 1 aromatic heterocycles. The highest BCUT2D eigenvalue weighted by Crippen LogP contribution is 2.33. The monoisotopic (exact) mass is 222 g/mol. The van der Waals surface area contributed by atoms with Gasteiger partial charge in [-0.1, -0.05) is 20.8 Å². The van der Waals surface area contributed by atoms with E-state index in [0.717, 1.165) is 4.88 Å². The maximum atomic E-state index is 12.1. The summed E-state index contributed by atoms with van der Waals surface area (Å²) in [5.41, 5.74) is 1.19. The number of thiophene rings is 1. The van der Waals surface area contributed by atoms with Crippen LogP contribution in [-0.2, 0) is 12.8 Å². The van der Waals surface area contributed by atoms with E-state index in [0.29, 0.717) is 5.78 Å². The molecule has 0 amide bonds. The third-order valence-electron chi connectivity index (χ3n) is 2.90. The van der Waals surface area contributed by atoms with Crippen LogP contribution in [0.25, 0.3) is 0 Å². The molecular formula is C13H18OS. The van der Waals surface area contributed by atoms with Crippen molar-refractivity contribution in [1.82, 2.24) is 0 Å². The Morgan fingerprint density at radius 1 is 1.27 bits per heavy atom. The standard InChI is InChI=1S/C13H18OS/c1-13(2,3)12(14)11-8-9-6-4-5-7-10(9)15-11/h8H,4-7H2,1-3H3. The lowest BCUT2D eigenvalue weighted by Gasteiger charge is -2.14. The molecule has 15 heavy (non-hydrogen) atoms. The minimum Gasteiger partial charge on any atom is -0.293 e. The van der Waals surface area contributed by atoms with Gasteiger partial charge in [0.25, 0.3) is 0 Å². The maximum absolute atomic E-state index is 12.1. The lowest BCUT2D eigenvalue weighted by Crippen LogP contribution is -2.18. The summed E-state index contributed by atoms with van der Waals surface area (Å²) in [6.07, 6.45) is 4.92. The second kappa shape index (κ2) is 3.75. The van der Waals surface area contributed by atoms with E-state index >= 15 is 0 Å². The molecule has 0 saturated carbocycles. The van der Waals surface area contributed by atoms with Crippen LogP contribution >= 0.6 is 11.3 Å². The summed E-state index contributed by atoms with van der Waals surface area (Å²) < 4.78 is 0. The number of carbonyl (C=O) groups is 1. The lowest BCUT2D eigenvalue weighted by atomic mass is 9.89. The first-order valence-corrected chi connectivity index (χ1v) is 6.46. The van der Waals surface area contributed by atoms with Crippen molar-refractivity contribution in [2.24, 2.45) is 5.41 Å². The zero-order valence-electron chi connectivity index (χ0n) is 9.72. The molecule has 1 aliphatic rings. The fourth-order valence-electron chi connectivity index (χ4n) is 1.97. The maximum Gasteiger partial charge on any atom is 0.178 e. The first-order chi connectivity index (χ1) is 6.98. The quantitative estimate of drug-likeness (QED) is 0.659. The van der Waals surface area contributed by atoms with Crippen LogP contribution in [0.3, 0.4) is 0 Å². The van der Waals surface area contributed by atoms with Crippen LogP contribution in [0.1, 0.15) is 53.7 Å². The second-order valence-corrected chi connectivity index (χ2v) is 6.48. The minimum absolute atomic E-state index is 0.243. The third kappa shape index (κ3) is 2.15. The molecule has 0 spiro atoms. The van der Waals surface area contributed by atoms with Gasteiger partial charge in [0.15, 0.2) is 5.78 Å². The molecule has 2 rings (SSSR count). The van der Waals surface area contributed by atoms with Gasteiger partial charge in [0, 0.05) is 10.3 Å². The molecule has 0 fully saturated rings. The number of Topliss-reactive ketones (excluding diaryl/α,β-unsaturated/α-hetero) is 1. The highest BCUT2D eigenvalue weighted by Gasteiger charge is 2.26. The number of ketones is 1. The first-order valence-electron chi connectivity index (χ1n) is 5.65. The lowest BCUT2D eigenvalue weighted by molar-refractivity contribution is 0.0862. The predicted molar refractivity (Wildman–Crippen MR) is 64.7 cm³/mol. The van der Waals surface area contributed by atoms with Gasteiger partial charge >= 0.3 is 0 Å². The van der Waals surface area contributed by atoms with Crippen LogP contribution < -0.4 is 0 Å². The Hall–Kier alpha value is -0.630. The normalized spacial score (nSPS) is 16.2. The average Bonchev–Trinajstić information content (AvgIpc) is 2.58. The summed E-state index contributed by atoms with van der Waals surface area (Å²) >= 11 is 1.72. The van der Waals surface area contributed by atoms with E-state index in [1.165, 1.54) is 36.1 Å². The van der Waals surface area contributed by atoms with Crippen molar-refractivity contribution in [1.29, 1.82) is 0 Å². The summed E-state index contributed by atoms with van der Waals surface area (Å²) in [7, 11) is 0. The number of hydrogen-bond acceptors (Lipinski definition) is 2. The number of hydrogen-bond donors (Lipinski definition) is 0. The molecule has 1 nitrogen and oxygen atoms in total. The van der Waals surface area contributed by atoms with E-state index in [1.54, 1.807) is 11.3 Å². The Balaban J connectivity index is 2.30. The highest BCUT2D eigenvalue weighted by atomic mass is 32.1. The average molecular weight is 222 g/mol. The van der Waals surface area contributed by atoms with Gasteiger partial charge < -0.3 is 0 Å². The Bertz CT molecular complexity index is 358. The van der Waals surface area contributed by atoms with E-state index in [9.17, 15) is 4.79 Å². The van der Waals surface area contributed by atoms with E-state index in [4.69, 9.17) is 0 Å². The summed E-state index contributed by atoms with van der Waals surface area (Å²) in [6.45, 7) is 5.98. The second-order valence-electron chi connectivity index (χ2n) is 5.35. The Labute approximate surface area is 95.5 Å². The zero-order chi connectivity index (χ0) is 11.1. The smallest absolute Gasteiger partial charge is 0.178 e. The van der Waals surface area contributed by atoms with Crippen LogP contribution in [0, 0.1) is 5.41 Å². The van der Waals surface area contributed by atoms with Crippen LogP contribution in [0.4, 0.5) is 0 Å². The SMILES string of the molecule is CC(C)(C)C(=O)c1cc2c(s1)CCCC2. The molecule has 82 valence electrons.